The summed E-state index contributed by atoms with van der Waals surface area (Å²) in [6.45, 7) is 2.04. The van der Waals surface area contributed by atoms with Crippen LogP contribution >= 0.6 is 11.8 Å². The first-order valence-electron chi connectivity index (χ1n) is 7.69. The molecule has 4 aromatic rings. The largest absolute Gasteiger partial charge is 0.411 e. The monoisotopic (exact) mass is 350 g/mol. The van der Waals surface area contributed by atoms with Crippen LogP contribution < -0.4 is 0 Å². The molecule has 2 heterocycles. The Bertz CT molecular complexity index is 964. The summed E-state index contributed by atoms with van der Waals surface area (Å²) in [4.78, 5) is 4.40. The van der Waals surface area contributed by atoms with Crippen LogP contribution in [0.5, 0.6) is 0 Å². The van der Waals surface area contributed by atoms with Crippen molar-refractivity contribution in [1.29, 1.82) is 0 Å². The lowest BCUT2D eigenvalue weighted by molar-refractivity contribution is 0.391. The molecule has 0 spiro atoms. The molecule has 0 unspecified atom stereocenters. The van der Waals surface area contributed by atoms with E-state index in [2.05, 4.69) is 20.3 Å². The maximum absolute atomic E-state index is 5.65. The normalized spacial score (nSPS) is 10.9. The van der Waals surface area contributed by atoms with Gasteiger partial charge >= 0.3 is 0 Å². The van der Waals surface area contributed by atoms with Gasteiger partial charge in [0.1, 0.15) is 0 Å². The Labute approximate surface area is 148 Å². The predicted molar refractivity (Wildman–Crippen MR) is 93.8 cm³/mol. The minimum absolute atomic E-state index is 0.467. The van der Waals surface area contributed by atoms with Crippen molar-refractivity contribution in [2.24, 2.45) is 0 Å². The molecular weight excluding hydrogens is 336 g/mol. The summed E-state index contributed by atoms with van der Waals surface area (Å²) < 4.78 is 10.9. The van der Waals surface area contributed by atoms with Gasteiger partial charge in [0.15, 0.2) is 0 Å². The van der Waals surface area contributed by atoms with E-state index >= 15 is 0 Å². The van der Waals surface area contributed by atoms with Gasteiger partial charge in [0.25, 0.3) is 5.22 Å². The third kappa shape index (κ3) is 3.61. The maximum atomic E-state index is 5.65. The third-order valence-corrected chi connectivity index (χ3v) is 4.33. The Balaban J connectivity index is 1.42. The maximum Gasteiger partial charge on any atom is 0.277 e. The zero-order valence-corrected chi connectivity index (χ0v) is 14.2. The summed E-state index contributed by atoms with van der Waals surface area (Å²) in [5.41, 5.74) is 3.00. The molecule has 4 rings (SSSR count). The molecule has 25 heavy (non-hydrogen) atoms. The molecule has 6 nitrogen and oxygen atoms in total. The van der Waals surface area contributed by atoms with Gasteiger partial charge in [-0.15, -0.1) is 10.2 Å². The molecule has 0 atom stereocenters. The Hall–Kier alpha value is -2.93. The van der Waals surface area contributed by atoms with E-state index in [0.29, 0.717) is 28.6 Å². The summed E-state index contributed by atoms with van der Waals surface area (Å²) in [5.74, 6) is 2.05. The number of rotatable bonds is 5. The topological polar surface area (TPSA) is 77.8 Å². The van der Waals surface area contributed by atoms with Gasteiger partial charge in [-0.2, -0.15) is 4.98 Å². The highest BCUT2D eigenvalue weighted by Crippen LogP contribution is 2.26. The van der Waals surface area contributed by atoms with Crippen LogP contribution in [-0.2, 0) is 5.75 Å². The quantitative estimate of drug-likeness (QED) is 0.494. The van der Waals surface area contributed by atoms with Crippen molar-refractivity contribution in [3.63, 3.8) is 0 Å². The molecule has 0 amide bonds. The molecule has 2 aromatic heterocycles. The van der Waals surface area contributed by atoms with Crippen LogP contribution in [0.2, 0.25) is 0 Å². The zero-order valence-electron chi connectivity index (χ0n) is 13.4. The Morgan fingerprint density at radius 1 is 0.920 bits per heavy atom. The summed E-state index contributed by atoms with van der Waals surface area (Å²) in [7, 11) is 0. The molecule has 0 saturated carbocycles. The van der Waals surface area contributed by atoms with Crippen molar-refractivity contribution in [2.45, 2.75) is 17.9 Å². The molecular formula is C18H14N4O2S. The molecule has 0 bridgehead atoms. The fraction of sp³-hybridized carbons (Fsp3) is 0.111. The number of thioether (sulfide) groups is 1. The minimum atomic E-state index is 0.467. The SMILES string of the molecule is Cc1ccc(-c2noc(CSc3nnc(-c4ccccc4)o3)n2)cc1. The van der Waals surface area contributed by atoms with E-state index in [1.54, 1.807) is 0 Å². The van der Waals surface area contributed by atoms with E-state index < -0.39 is 0 Å². The second kappa shape index (κ2) is 6.90. The fourth-order valence-corrected chi connectivity index (χ4v) is 2.82. The van der Waals surface area contributed by atoms with Crippen molar-refractivity contribution in [3.05, 3.63) is 66.1 Å². The molecule has 0 fully saturated rings. The van der Waals surface area contributed by atoms with Crippen molar-refractivity contribution in [2.75, 3.05) is 0 Å². The van der Waals surface area contributed by atoms with Crippen molar-refractivity contribution >= 4 is 11.8 Å². The van der Waals surface area contributed by atoms with Crippen molar-refractivity contribution in [1.82, 2.24) is 20.3 Å². The number of aryl methyl sites for hydroxylation is 1. The first-order valence-corrected chi connectivity index (χ1v) is 8.68. The average Bonchev–Trinajstić information content (AvgIpc) is 3.31. The molecule has 7 heteroatoms. The molecule has 0 aliphatic carbocycles. The lowest BCUT2D eigenvalue weighted by atomic mass is 10.1. The summed E-state index contributed by atoms with van der Waals surface area (Å²) in [6, 6.07) is 17.6. The van der Waals surface area contributed by atoms with Crippen LogP contribution in [0.25, 0.3) is 22.8 Å². The second-order valence-electron chi connectivity index (χ2n) is 5.41. The highest BCUT2D eigenvalue weighted by molar-refractivity contribution is 7.98. The molecule has 0 saturated heterocycles. The minimum Gasteiger partial charge on any atom is -0.411 e. The van der Waals surface area contributed by atoms with Gasteiger partial charge in [0, 0.05) is 11.1 Å². The first-order chi connectivity index (χ1) is 12.3. The molecule has 0 N–H and O–H groups in total. The molecule has 2 aromatic carbocycles. The standard InChI is InChI=1S/C18H14N4O2S/c1-12-7-9-13(10-8-12)16-19-15(24-22-16)11-25-18-21-20-17(23-18)14-5-3-2-4-6-14/h2-10H,11H2,1H3. The van der Waals surface area contributed by atoms with Crippen LogP contribution in [0.3, 0.4) is 0 Å². The van der Waals surface area contributed by atoms with E-state index in [4.69, 9.17) is 8.94 Å². The van der Waals surface area contributed by atoms with Gasteiger partial charge in [0.05, 0.1) is 5.75 Å². The van der Waals surface area contributed by atoms with Gasteiger partial charge in [-0.1, -0.05) is 64.9 Å². The van der Waals surface area contributed by atoms with E-state index in [0.717, 1.165) is 11.1 Å². The summed E-state index contributed by atoms with van der Waals surface area (Å²) in [5, 5.41) is 12.6. The number of hydrogen-bond acceptors (Lipinski definition) is 7. The number of nitrogens with zero attached hydrogens (tertiary/aromatic N) is 4. The van der Waals surface area contributed by atoms with Crippen molar-refractivity contribution < 1.29 is 8.94 Å². The highest BCUT2D eigenvalue weighted by Gasteiger charge is 2.12. The van der Waals surface area contributed by atoms with E-state index in [-0.39, 0.29) is 0 Å². The van der Waals surface area contributed by atoms with Crippen LogP contribution in [0.4, 0.5) is 0 Å². The predicted octanol–water partition coefficient (Wildman–Crippen LogP) is 4.39. The number of aromatic nitrogens is 4. The van der Waals surface area contributed by atoms with E-state index in [1.165, 1.54) is 17.3 Å². The Morgan fingerprint density at radius 2 is 1.72 bits per heavy atom. The van der Waals surface area contributed by atoms with Gasteiger partial charge in [-0.05, 0) is 19.1 Å². The van der Waals surface area contributed by atoms with Crippen LogP contribution in [0.15, 0.2) is 68.8 Å². The first kappa shape index (κ1) is 15.6. The number of hydrogen-bond donors (Lipinski definition) is 0. The molecule has 0 aliphatic rings. The lowest BCUT2D eigenvalue weighted by Crippen LogP contribution is -1.83. The van der Waals surface area contributed by atoms with Gasteiger partial charge < -0.3 is 8.94 Å². The molecule has 0 aliphatic heterocycles. The van der Waals surface area contributed by atoms with Gasteiger partial charge in [-0.25, -0.2) is 0 Å². The van der Waals surface area contributed by atoms with Gasteiger partial charge in [-0.3, -0.25) is 0 Å². The van der Waals surface area contributed by atoms with Gasteiger partial charge in [0.2, 0.25) is 17.6 Å². The Morgan fingerprint density at radius 3 is 2.52 bits per heavy atom. The zero-order chi connectivity index (χ0) is 17.1. The average molecular weight is 350 g/mol. The fourth-order valence-electron chi connectivity index (χ4n) is 2.22. The highest BCUT2D eigenvalue weighted by atomic mass is 32.2. The van der Waals surface area contributed by atoms with Crippen LogP contribution in [0, 0.1) is 6.92 Å². The Kier molecular flexibility index (Phi) is 4.30. The third-order valence-electron chi connectivity index (χ3n) is 3.52. The lowest BCUT2D eigenvalue weighted by Gasteiger charge is -1.94. The second-order valence-corrected chi connectivity index (χ2v) is 6.33. The van der Waals surface area contributed by atoms with E-state index in [1.807, 2.05) is 61.5 Å². The van der Waals surface area contributed by atoms with E-state index in [9.17, 15) is 0 Å². The van der Waals surface area contributed by atoms with Crippen LogP contribution in [0.1, 0.15) is 11.5 Å². The molecule has 124 valence electrons. The smallest absolute Gasteiger partial charge is 0.277 e. The summed E-state index contributed by atoms with van der Waals surface area (Å²) >= 11 is 1.36. The van der Waals surface area contributed by atoms with Crippen molar-refractivity contribution in [3.8, 4) is 22.8 Å². The summed E-state index contributed by atoms with van der Waals surface area (Å²) in [6.07, 6.45) is 0. The van der Waals surface area contributed by atoms with Crippen LogP contribution in [-0.4, -0.2) is 20.3 Å². The molecule has 0 radical (unpaired) electrons. The number of benzene rings is 2.